The van der Waals surface area contributed by atoms with E-state index in [9.17, 15) is 4.79 Å². The fourth-order valence-corrected chi connectivity index (χ4v) is 3.26. The highest BCUT2D eigenvalue weighted by Gasteiger charge is 2.74. The number of carbonyl (C=O) groups excluding carboxylic acids is 1. The Morgan fingerprint density at radius 1 is 1.41 bits per heavy atom. The van der Waals surface area contributed by atoms with Crippen LogP contribution in [0.2, 0.25) is 0 Å². The average molecular weight is 241 g/mol. The van der Waals surface area contributed by atoms with Gasteiger partial charge >= 0.3 is 5.97 Å². The molecular weight excluding hydrogens is 218 g/mol. The summed E-state index contributed by atoms with van der Waals surface area (Å²) in [5, 5.41) is 1.99. The Bertz CT molecular complexity index is 340. The number of hydrogen-bond acceptors (Lipinski definition) is 4. The van der Waals surface area contributed by atoms with Crippen LogP contribution in [0.1, 0.15) is 41.5 Å². The lowest BCUT2D eigenvalue weighted by molar-refractivity contribution is -0.162. The molecule has 98 valence electrons. The van der Waals surface area contributed by atoms with E-state index in [-0.39, 0.29) is 29.1 Å². The van der Waals surface area contributed by atoms with Crippen LogP contribution in [0.25, 0.3) is 0 Å². The largest absolute Gasteiger partial charge is 0.466 e. The second-order valence-electron chi connectivity index (χ2n) is 6.17. The van der Waals surface area contributed by atoms with Crippen LogP contribution in [-0.2, 0) is 14.4 Å². The van der Waals surface area contributed by atoms with Gasteiger partial charge in [-0.3, -0.25) is 9.63 Å². The van der Waals surface area contributed by atoms with Crippen LogP contribution in [-0.4, -0.2) is 29.4 Å². The van der Waals surface area contributed by atoms with Gasteiger partial charge in [0.25, 0.3) is 0 Å². The standard InChI is InChI=1S/C13H23NO3/c1-7-16-10(15)9-12(4,5)11-14(17-11)13(9,6)8(2)3/h8-9,11H,7H2,1-6H3/t9-,11-,13-,14?/m1/s1. The molecule has 1 unspecified atom stereocenters. The summed E-state index contributed by atoms with van der Waals surface area (Å²) >= 11 is 0. The highest BCUT2D eigenvalue weighted by Crippen LogP contribution is 2.61. The number of ether oxygens (including phenoxy) is 1. The SMILES string of the molecule is CCOC(=O)[C@@H]1C(C)(C)[C@H]2ON2[C@]1(C)C(C)C. The molecule has 4 nitrogen and oxygen atoms in total. The van der Waals surface area contributed by atoms with Crippen molar-refractivity contribution < 1.29 is 14.4 Å². The summed E-state index contributed by atoms with van der Waals surface area (Å²) < 4.78 is 5.25. The van der Waals surface area contributed by atoms with E-state index in [0.29, 0.717) is 12.5 Å². The second kappa shape index (κ2) is 3.69. The summed E-state index contributed by atoms with van der Waals surface area (Å²) in [7, 11) is 0. The van der Waals surface area contributed by atoms with Crippen molar-refractivity contribution in [3.8, 4) is 0 Å². The van der Waals surface area contributed by atoms with Crippen molar-refractivity contribution in [2.45, 2.75) is 53.3 Å². The molecule has 2 heterocycles. The minimum absolute atomic E-state index is 0.0595. The van der Waals surface area contributed by atoms with Gasteiger partial charge in [0.2, 0.25) is 0 Å². The van der Waals surface area contributed by atoms with Gasteiger partial charge < -0.3 is 4.74 Å². The summed E-state index contributed by atoms with van der Waals surface area (Å²) in [5.41, 5.74) is -0.453. The third-order valence-corrected chi connectivity index (χ3v) is 4.51. The number of carbonyl (C=O) groups is 1. The molecule has 0 spiro atoms. The molecule has 0 aromatic carbocycles. The molecule has 17 heavy (non-hydrogen) atoms. The minimum Gasteiger partial charge on any atom is -0.466 e. The molecule has 0 aromatic heterocycles. The quantitative estimate of drug-likeness (QED) is 0.561. The first kappa shape index (κ1) is 12.8. The van der Waals surface area contributed by atoms with Crippen LogP contribution in [0, 0.1) is 17.3 Å². The molecule has 4 heteroatoms. The Balaban J connectivity index is 2.35. The van der Waals surface area contributed by atoms with Crippen LogP contribution >= 0.6 is 0 Å². The minimum atomic E-state index is -0.263. The number of hydrogen-bond donors (Lipinski definition) is 0. The van der Waals surface area contributed by atoms with Gasteiger partial charge in [-0.15, -0.1) is 5.06 Å². The Labute approximate surface area is 103 Å². The first-order valence-corrected chi connectivity index (χ1v) is 6.40. The highest BCUT2D eigenvalue weighted by molar-refractivity contribution is 5.76. The zero-order valence-electron chi connectivity index (χ0n) is 11.6. The Morgan fingerprint density at radius 2 is 2.00 bits per heavy atom. The van der Waals surface area contributed by atoms with Gasteiger partial charge in [0.15, 0.2) is 6.23 Å². The van der Waals surface area contributed by atoms with Gasteiger partial charge in [-0.2, -0.15) is 0 Å². The number of hydroxylamine groups is 2. The maximum Gasteiger partial charge on any atom is 0.311 e. The third-order valence-electron chi connectivity index (χ3n) is 4.51. The highest BCUT2D eigenvalue weighted by atomic mass is 16.8. The van der Waals surface area contributed by atoms with Gasteiger partial charge in [0.05, 0.1) is 18.1 Å². The van der Waals surface area contributed by atoms with E-state index in [1.165, 1.54) is 0 Å². The summed E-state index contributed by atoms with van der Waals surface area (Å²) in [5.74, 6) is 0.113. The molecule has 2 aliphatic heterocycles. The van der Waals surface area contributed by atoms with Crippen molar-refractivity contribution in [1.82, 2.24) is 5.06 Å². The summed E-state index contributed by atoms with van der Waals surface area (Å²) in [4.78, 5) is 17.9. The molecule has 2 rings (SSSR count). The molecule has 4 atom stereocenters. The molecular formula is C13H23NO3. The van der Waals surface area contributed by atoms with Crippen molar-refractivity contribution in [3.05, 3.63) is 0 Å². The normalized spacial score (nSPS) is 42.4. The molecule has 0 bridgehead atoms. The Hall–Kier alpha value is -0.610. The Morgan fingerprint density at radius 3 is 2.47 bits per heavy atom. The summed E-state index contributed by atoms with van der Waals surface area (Å²) in [6.45, 7) is 12.8. The molecule has 0 N–H and O–H groups in total. The van der Waals surface area contributed by atoms with Crippen molar-refractivity contribution in [1.29, 1.82) is 0 Å². The molecule has 0 saturated carbocycles. The van der Waals surface area contributed by atoms with Crippen LogP contribution in [0.3, 0.4) is 0 Å². The summed E-state index contributed by atoms with van der Waals surface area (Å²) in [6, 6.07) is 0. The molecule has 0 amide bonds. The predicted octanol–water partition coefficient (Wildman–Crippen LogP) is 2.19. The maximum absolute atomic E-state index is 12.2. The van der Waals surface area contributed by atoms with Gasteiger partial charge in [-0.05, 0) is 19.8 Å². The lowest BCUT2D eigenvalue weighted by atomic mass is 9.68. The Kier molecular flexibility index (Phi) is 2.79. The second-order valence-corrected chi connectivity index (χ2v) is 6.17. The van der Waals surface area contributed by atoms with E-state index in [2.05, 4.69) is 34.6 Å². The molecule has 2 fully saturated rings. The van der Waals surface area contributed by atoms with E-state index in [1.54, 1.807) is 0 Å². The van der Waals surface area contributed by atoms with E-state index >= 15 is 0 Å². The van der Waals surface area contributed by atoms with Crippen LogP contribution in [0.4, 0.5) is 0 Å². The third kappa shape index (κ3) is 1.54. The van der Waals surface area contributed by atoms with Crippen molar-refractivity contribution in [2.24, 2.45) is 17.3 Å². The molecule has 0 aliphatic carbocycles. The zero-order valence-corrected chi connectivity index (χ0v) is 11.6. The van der Waals surface area contributed by atoms with E-state index < -0.39 is 0 Å². The van der Waals surface area contributed by atoms with Crippen molar-refractivity contribution in [3.63, 3.8) is 0 Å². The van der Waals surface area contributed by atoms with E-state index in [4.69, 9.17) is 9.57 Å². The monoisotopic (exact) mass is 241 g/mol. The fourth-order valence-electron chi connectivity index (χ4n) is 3.26. The summed E-state index contributed by atoms with van der Waals surface area (Å²) in [6.07, 6.45) is 0.0595. The molecule has 0 aromatic rings. The lowest BCUT2D eigenvalue weighted by Crippen LogP contribution is -2.51. The number of fused-ring (bicyclic) bond motifs is 1. The van der Waals surface area contributed by atoms with Crippen molar-refractivity contribution >= 4 is 5.97 Å². The zero-order chi connectivity index (χ0) is 13.0. The van der Waals surface area contributed by atoms with Gasteiger partial charge in [-0.1, -0.05) is 27.7 Å². The van der Waals surface area contributed by atoms with Gasteiger partial charge in [-0.25, -0.2) is 0 Å². The van der Waals surface area contributed by atoms with Crippen LogP contribution in [0.5, 0.6) is 0 Å². The lowest BCUT2D eigenvalue weighted by Gasteiger charge is -2.40. The van der Waals surface area contributed by atoms with Crippen molar-refractivity contribution in [2.75, 3.05) is 6.61 Å². The fraction of sp³-hybridized carbons (Fsp3) is 0.923. The van der Waals surface area contributed by atoms with E-state index in [0.717, 1.165) is 0 Å². The van der Waals surface area contributed by atoms with Gasteiger partial charge in [0, 0.05) is 5.41 Å². The first-order valence-electron chi connectivity index (χ1n) is 6.40. The topological polar surface area (TPSA) is 41.8 Å². The average Bonchev–Trinajstić information content (AvgIpc) is 2.93. The number of nitrogens with zero attached hydrogens (tertiary/aromatic N) is 1. The van der Waals surface area contributed by atoms with E-state index in [1.807, 2.05) is 12.0 Å². The number of esters is 1. The van der Waals surface area contributed by atoms with Crippen LogP contribution < -0.4 is 0 Å². The van der Waals surface area contributed by atoms with Crippen LogP contribution in [0.15, 0.2) is 0 Å². The van der Waals surface area contributed by atoms with Gasteiger partial charge in [0.1, 0.15) is 0 Å². The smallest absolute Gasteiger partial charge is 0.311 e. The predicted molar refractivity (Wildman–Crippen MR) is 63.9 cm³/mol. The number of rotatable bonds is 3. The maximum atomic E-state index is 12.2. The molecule has 0 radical (unpaired) electrons. The first-order chi connectivity index (χ1) is 7.77. The molecule has 2 aliphatic rings. The molecule has 2 saturated heterocycles.